The number of carboxylic acids is 1. The largest absolute Gasteiger partial charge is 0.476 e. The van der Waals surface area contributed by atoms with Crippen LogP contribution in [0.4, 0.5) is 11.5 Å². The summed E-state index contributed by atoms with van der Waals surface area (Å²) in [6.07, 6.45) is 4.90. The Hall–Kier alpha value is -2.84. The number of nitrogens with zero attached hydrogens (tertiary/aromatic N) is 4. The summed E-state index contributed by atoms with van der Waals surface area (Å²) < 4.78 is 1.46. The second-order valence-corrected chi connectivity index (χ2v) is 8.74. The fourth-order valence-electron chi connectivity index (χ4n) is 4.03. The van der Waals surface area contributed by atoms with E-state index in [1.807, 2.05) is 19.9 Å². The molecule has 0 amide bonds. The Labute approximate surface area is 194 Å². The highest BCUT2D eigenvalue weighted by atomic mass is 35.5. The number of nitrogens with one attached hydrogen (secondary N) is 1. The summed E-state index contributed by atoms with van der Waals surface area (Å²) in [5.41, 5.74) is 1.88. The third-order valence-corrected chi connectivity index (χ3v) is 6.12. The van der Waals surface area contributed by atoms with Crippen molar-refractivity contribution < 1.29 is 9.90 Å². The fraction of sp³-hybridized carbons (Fsp3) is 0.364. The molecule has 0 saturated carbocycles. The van der Waals surface area contributed by atoms with Crippen molar-refractivity contribution in [2.24, 2.45) is 0 Å². The molecular weight excluding hydrogens is 453 g/mol. The summed E-state index contributed by atoms with van der Waals surface area (Å²) in [6, 6.07) is 4.64. The number of rotatable bonds is 5. The molecule has 1 fully saturated rings. The van der Waals surface area contributed by atoms with Gasteiger partial charge < -0.3 is 15.3 Å². The predicted molar refractivity (Wildman–Crippen MR) is 126 cm³/mol. The maximum Gasteiger partial charge on any atom is 0.356 e. The van der Waals surface area contributed by atoms with Crippen LogP contribution in [0, 0.1) is 6.92 Å². The van der Waals surface area contributed by atoms with Crippen molar-refractivity contribution in [3.8, 4) is 0 Å². The zero-order valence-corrected chi connectivity index (χ0v) is 19.2. The lowest BCUT2D eigenvalue weighted by atomic mass is 10.1. The molecule has 0 bridgehead atoms. The number of hydrogen-bond acceptors (Lipinski definition) is 6. The molecule has 2 N–H and O–H groups in total. The van der Waals surface area contributed by atoms with Crippen molar-refractivity contribution in [2.45, 2.75) is 39.2 Å². The first-order valence-corrected chi connectivity index (χ1v) is 11.2. The minimum Gasteiger partial charge on any atom is -0.476 e. The van der Waals surface area contributed by atoms with Gasteiger partial charge in [-0.25, -0.2) is 14.8 Å². The molecule has 10 heteroatoms. The molecule has 0 radical (unpaired) electrons. The van der Waals surface area contributed by atoms with Crippen molar-refractivity contribution in [2.75, 3.05) is 23.3 Å². The third-order valence-electron chi connectivity index (χ3n) is 5.57. The van der Waals surface area contributed by atoms with Crippen molar-refractivity contribution >= 4 is 46.3 Å². The lowest BCUT2D eigenvalue weighted by molar-refractivity contribution is 0.0691. The number of anilines is 2. The molecule has 1 aliphatic rings. The molecule has 3 aromatic rings. The smallest absolute Gasteiger partial charge is 0.356 e. The Morgan fingerprint density at radius 2 is 1.91 bits per heavy atom. The number of piperidine rings is 1. The Balaban J connectivity index is 1.82. The summed E-state index contributed by atoms with van der Waals surface area (Å²) in [6.45, 7) is 5.35. The van der Waals surface area contributed by atoms with Gasteiger partial charge in [0, 0.05) is 24.8 Å². The van der Waals surface area contributed by atoms with E-state index in [0.29, 0.717) is 17.2 Å². The fourth-order valence-corrected chi connectivity index (χ4v) is 4.44. The molecule has 0 unspecified atom stereocenters. The van der Waals surface area contributed by atoms with Gasteiger partial charge in [0.1, 0.15) is 15.8 Å². The molecule has 0 aromatic carbocycles. The van der Waals surface area contributed by atoms with E-state index in [0.717, 1.165) is 43.5 Å². The van der Waals surface area contributed by atoms with E-state index in [4.69, 9.17) is 28.2 Å². The van der Waals surface area contributed by atoms with E-state index >= 15 is 0 Å². The monoisotopic (exact) mass is 475 g/mol. The number of halogens is 2. The molecule has 4 heterocycles. The Morgan fingerprint density at radius 1 is 1.19 bits per heavy atom. The molecule has 168 valence electrons. The predicted octanol–water partition coefficient (Wildman–Crippen LogP) is 4.57. The molecule has 8 nitrogen and oxygen atoms in total. The maximum atomic E-state index is 13.1. The highest BCUT2D eigenvalue weighted by molar-refractivity contribution is 6.32. The lowest BCUT2D eigenvalue weighted by Gasteiger charge is -2.29. The summed E-state index contributed by atoms with van der Waals surface area (Å²) in [7, 11) is 0. The van der Waals surface area contributed by atoms with Gasteiger partial charge in [-0.05, 0) is 56.9 Å². The van der Waals surface area contributed by atoms with Crippen LogP contribution in [0.3, 0.4) is 0 Å². The average Bonchev–Trinajstić information content (AvgIpc) is 2.77. The van der Waals surface area contributed by atoms with Crippen LogP contribution in [-0.4, -0.2) is 38.5 Å². The van der Waals surface area contributed by atoms with Gasteiger partial charge in [0.2, 0.25) is 0 Å². The van der Waals surface area contributed by atoms with Crippen LogP contribution >= 0.6 is 23.2 Å². The van der Waals surface area contributed by atoms with Crippen LogP contribution < -0.4 is 15.8 Å². The van der Waals surface area contributed by atoms with Gasteiger partial charge in [0.05, 0.1) is 11.7 Å². The zero-order chi connectivity index (χ0) is 23.0. The number of aryl methyl sites for hydroxylation is 1. The summed E-state index contributed by atoms with van der Waals surface area (Å²) in [5.74, 6) is -0.696. The van der Waals surface area contributed by atoms with Crippen molar-refractivity contribution in [3.05, 3.63) is 61.7 Å². The van der Waals surface area contributed by atoms with Gasteiger partial charge in [0.15, 0.2) is 11.5 Å². The Kier molecular flexibility index (Phi) is 6.26. The van der Waals surface area contributed by atoms with Gasteiger partial charge in [-0.15, -0.1) is 0 Å². The highest BCUT2D eigenvalue weighted by Crippen LogP contribution is 2.29. The highest BCUT2D eigenvalue weighted by Gasteiger charge is 2.23. The number of hydrogen-bond donors (Lipinski definition) is 2. The van der Waals surface area contributed by atoms with Crippen molar-refractivity contribution in [1.82, 2.24) is 14.4 Å². The SMILES string of the molecule is Cc1cc([C@@H](C)Nc2ccc(Cl)nc2C(=O)O)c2nc(N3CCCCC3)c(Cl)c(=O)n2c1. The lowest BCUT2D eigenvalue weighted by Crippen LogP contribution is -2.33. The molecule has 1 atom stereocenters. The molecule has 32 heavy (non-hydrogen) atoms. The molecule has 4 rings (SSSR count). The number of carboxylic acid groups (broad SMARTS) is 1. The van der Waals surface area contributed by atoms with Crippen LogP contribution in [0.25, 0.3) is 5.65 Å². The quantitative estimate of drug-likeness (QED) is 0.521. The summed E-state index contributed by atoms with van der Waals surface area (Å²) in [4.78, 5) is 35.5. The molecule has 1 saturated heterocycles. The Bertz CT molecular complexity index is 1250. The molecule has 0 aliphatic carbocycles. The van der Waals surface area contributed by atoms with Crippen LogP contribution in [0.15, 0.2) is 29.2 Å². The van der Waals surface area contributed by atoms with Gasteiger partial charge in [-0.2, -0.15) is 0 Å². The van der Waals surface area contributed by atoms with Crippen LogP contribution in [-0.2, 0) is 0 Å². The number of aromatic carboxylic acids is 1. The van der Waals surface area contributed by atoms with Gasteiger partial charge in [-0.1, -0.05) is 23.2 Å². The zero-order valence-electron chi connectivity index (χ0n) is 17.7. The first-order valence-electron chi connectivity index (χ1n) is 10.4. The first-order chi connectivity index (χ1) is 15.3. The number of carbonyl (C=O) groups is 1. The average molecular weight is 476 g/mol. The van der Waals surface area contributed by atoms with Crippen LogP contribution in [0.1, 0.15) is 53.8 Å². The van der Waals surface area contributed by atoms with E-state index in [1.165, 1.54) is 10.5 Å². The van der Waals surface area contributed by atoms with Gasteiger partial charge in [0.25, 0.3) is 5.56 Å². The number of fused-ring (bicyclic) bond motifs is 1. The van der Waals surface area contributed by atoms with Gasteiger partial charge >= 0.3 is 5.97 Å². The summed E-state index contributed by atoms with van der Waals surface area (Å²) in [5, 5.41) is 12.9. The maximum absolute atomic E-state index is 13.1. The van der Waals surface area contributed by atoms with E-state index in [2.05, 4.69) is 15.2 Å². The number of aromatic nitrogens is 3. The normalized spacial score (nSPS) is 15.1. The standard InChI is InChI=1S/C22H23Cl2N5O3/c1-12-10-14(13(2)25-15-6-7-16(23)26-18(15)22(31)32)19-27-20(28-8-4-3-5-9-28)17(24)21(30)29(19)11-12/h6-7,10-11,13,25H,3-5,8-9H2,1-2H3,(H,31,32)/t13-/m1/s1. The van der Waals surface area contributed by atoms with Crippen molar-refractivity contribution in [1.29, 1.82) is 0 Å². The van der Waals surface area contributed by atoms with Crippen LogP contribution in [0.2, 0.25) is 10.2 Å². The second-order valence-electron chi connectivity index (χ2n) is 7.97. The van der Waals surface area contributed by atoms with E-state index in [1.54, 1.807) is 12.3 Å². The topological polar surface area (TPSA) is 99.8 Å². The number of pyridine rings is 2. The molecule has 1 aliphatic heterocycles. The third kappa shape index (κ3) is 4.25. The minimum absolute atomic E-state index is 0.0932. The van der Waals surface area contributed by atoms with E-state index in [9.17, 15) is 14.7 Å². The van der Waals surface area contributed by atoms with Crippen LogP contribution in [0.5, 0.6) is 0 Å². The first kappa shape index (κ1) is 22.4. The molecule has 3 aromatic heterocycles. The molecular formula is C22H23Cl2N5O3. The minimum atomic E-state index is -1.19. The molecule has 0 spiro atoms. The van der Waals surface area contributed by atoms with E-state index < -0.39 is 5.97 Å². The Morgan fingerprint density at radius 3 is 2.59 bits per heavy atom. The van der Waals surface area contributed by atoms with Gasteiger partial charge in [-0.3, -0.25) is 9.20 Å². The van der Waals surface area contributed by atoms with Crippen molar-refractivity contribution in [3.63, 3.8) is 0 Å². The summed E-state index contributed by atoms with van der Waals surface area (Å²) >= 11 is 12.3. The second kappa shape index (κ2) is 8.96. The van der Waals surface area contributed by atoms with E-state index in [-0.39, 0.29) is 27.5 Å².